The van der Waals surface area contributed by atoms with Gasteiger partial charge >= 0.3 is 6.36 Å². The summed E-state index contributed by atoms with van der Waals surface area (Å²) in [5, 5.41) is 2.60. The molecule has 2 aromatic rings. The van der Waals surface area contributed by atoms with Crippen LogP contribution in [0.5, 0.6) is 11.5 Å². The number of rotatable bonds is 5. The third-order valence-electron chi connectivity index (χ3n) is 4.46. The molecule has 1 heterocycles. The third kappa shape index (κ3) is 5.03. The Kier molecular flexibility index (Phi) is 5.65. The number of hydrogen-bond acceptors (Lipinski definition) is 4. The van der Waals surface area contributed by atoms with Crippen molar-refractivity contribution >= 4 is 23.2 Å². The Balaban J connectivity index is 1.65. The minimum Gasteiger partial charge on any atom is -0.476 e. The van der Waals surface area contributed by atoms with Crippen molar-refractivity contribution in [2.75, 3.05) is 16.8 Å². The summed E-state index contributed by atoms with van der Waals surface area (Å²) in [5.41, 5.74) is 0.799. The summed E-state index contributed by atoms with van der Waals surface area (Å²) in [7, 11) is 0. The van der Waals surface area contributed by atoms with Crippen LogP contribution in [0.3, 0.4) is 0 Å². The average molecular weight is 422 g/mol. The number of benzene rings is 2. The van der Waals surface area contributed by atoms with E-state index in [1.54, 1.807) is 19.9 Å². The molecule has 0 aromatic heterocycles. The SMILES string of the molecule is Cc1ccc2c(c1)N(CCC(=O)Nc1ccc(OC(F)(F)F)cc1)C(=O)C(C)(C)O2. The quantitative estimate of drug-likeness (QED) is 0.774. The summed E-state index contributed by atoms with van der Waals surface area (Å²) in [6, 6.07) is 10.3. The largest absolute Gasteiger partial charge is 0.573 e. The van der Waals surface area contributed by atoms with E-state index in [9.17, 15) is 22.8 Å². The number of carbonyl (C=O) groups is 2. The van der Waals surface area contributed by atoms with Gasteiger partial charge in [0.2, 0.25) is 5.91 Å². The van der Waals surface area contributed by atoms with Crippen LogP contribution in [0.2, 0.25) is 0 Å². The second kappa shape index (κ2) is 7.89. The Labute approximate surface area is 171 Å². The fraction of sp³-hybridized carbons (Fsp3) is 0.333. The smallest absolute Gasteiger partial charge is 0.476 e. The van der Waals surface area contributed by atoms with E-state index in [0.717, 1.165) is 17.7 Å². The van der Waals surface area contributed by atoms with Gasteiger partial charge in [0.05, 0.1) is 5.69 Å². The maximum absolute atomic E-state index is 12.8. The second-order valence-electron chi connectivity index (χ2n) is 7.41. The molecule has 0 aliphatic carbocycles. The molecule has 0 atom stereocenters. The van der Waals surface area contributed by atoms with Crippen LogP contribution in [0.15, 0.2) is 42.5 Å². The lowest BCUT2D eigenvalue weighted by atomic mass is 10.0. The summed E-state index contributed by atoms with van der Waals surface area (Å²) in [4.78, 5) is 26.7. The molecule has 0 fully saturated rings. The summed E-state index contributed by atoms with van der Waals surface area (Å²) in [6.07, 6.45) is -4.78. The maximum Gasteiger partial charge on any atom is 0.573 e. The number of nitrogens with zero attached hydrogens (tertiary/aromatic N) is 1. The molecule has 1 N–H and O–H groups in total. The first-order valence-electron chi connectivity index (χ1n) is 9.22. The zero-order valence-corrected chi connectivity index (χ0v) is 16.7. The van der Waals surface area contributed by atoms with Crippen molar-refractivity contribution in [1.82, 2.24) is 0 Å². The van der Waals surface area contributed by atoms with Crippen LogP contribution in [-0.2, 0) is 9.59 Å². The Morgan fingerprint density at radius 2 is 1.83 bits per heavy atom. The van der Waals surface area contributed by atoms with Gasteiger partial charge in [0.1, 0.15) is 11.5 Å². The molecule has 0 saturated heterocycles. The van der Waals surface area contributed by atoms with Gasteiger partial charge in [-0.2, -0.15) is 0 Å². The van der Waals surface area contributed by atoms with Crippen molar-refractivity contribution in [2.24, 2.45) is 0 Å². The lowest BCUT2D eigenvalue weighted by Gasteiger charge is -2.38. The molecule has 0 bridgehead atoms. The Bertz CT molecular complexity index is 956. The molecule has 2 amide bonds. The van der Waals surface area contributed by atoms with Gasteiger partial charge in [-0.05, 0) is 62.7 Å². The molecule has 0 radical (unpaired) electrons. The third-order valence-corrected chi connectivity index (χ3v) is 4.46. The van der Waals surface area contributed by atoms with E-state index >= 15 is 0 Å². The van der Waals surface area contributed by atoms with Crippen LogP contribution in [0.1, 0.15) is 25.8 Å². The molecule has 3 rings (SSSR count). The monoisotopic (exact) mass is 422 g/mol. The topological polar surface area (TPSA) is 67.9 Å². The van der Waals surface area contributed by atoms with Crippen LogP contribution < -0.4 is 19.7 Å². The van der Waals surface area contributed by atoms with E-state index in [1.807, 2.05) is 19.1 Å². The first kappa shape index (κ1) is 21.5. The number of amides is 2. The highest BCUT2D eigenvalue weighted by molar-refractivity contribution is 6.03. The van der Waals surface area contributed by atoms with Crippen LogP contribution >= 0.6 is 0 Å². The van der Waals surface area contributed by atoms with Crippen molar-refractivity contribution in [2.45, 2.75) is 39.2 Å². The van der Waals surface area contributed by atoms with Gasteiger partial charge in [-0.15, -0.1) is 13.2 Å². The standard InChI is InChI=1S/C21H21F3N2O4/c1-13-4-9-17-16(12-13)26(19(28)20(2,3)30-17)11-10-18(27)25-14-5-7-15(8-6-14)29-21(22,23)24/h4-9,12H,10-11H2,1-3H3,(H,25,27). The molecule has 2 aromatic carbocycles. The van der Waals surface area contributed by atoms with E-state index in [2.05, 4.69) is 10.1 Å². The van der Waals surface area contributed by atoms with E-state index in [0.29, 0.717) is 17.1 Å². The number of nitrogens with one attached hydrogen (secondary N) is 1. The van der Waals surface area contributed by atoms with E-state index in [1.165, 1.54) is 17.0 Å². The summed E-state index contributed by atoms with van der Waals surface area (Å²) >= 11 is 0. The first-order valence-corrected chi connectivity index (χ1v) is 9.22. The zero-order valence-electron chi connectivity index (χ0n) is 16.7. The van der Waals surface area contributed by atoms with E-state index < -0.39 is 12.0 Å². The number of halogens is 3. The highest BCUT2D eigenvalue weighted by Crippen LogP contribution is 2.38. The van der Waals surface area contributed by atoms with Gasteiger partial charge in [0.15, 0.2) is 5.60 Å². The number of hydrogen-bond donors (Lipinski definition) is 1. The van der Waals surface area contributed by atoms with Crippen molar-refractivity contribution in [1.29, 1.82) is 0 Å². The van der Waals surface area contributed by atoms with Gasteiger partial charge in [-0.1, -0.05) is 6.07 Å². The van der Waals surface area contributed by atoms with Crippen LogP contribution in [-0.4, -0.2) is 30.3 Å². The van der Waals surface area contributed by atoms with Gasteiger partial charge < -0.3 is 19.7 Å². The molecule has 6 nitrogen and oxygen atoms in total. The van der Waals surface area contributed by atoms with Crippen LogP contribution in [0.25, 0.3) is 0 Å². The molecule has 0 saturated carbocycles. The molecule has 160 valence electrons. The Morgan fingerprint density at radius 3 is 2.47 bits per heavy atom. The van der Waals surface area contributed by atoms with Gasteiger partial charge in [-0.3, -0.25) is 9.59 Å². The molecular formula is C21H21F3N2O4. The number of ether oxygens (including phenoxy) is 2. The van der Waals surface area contributed by atoms with E-state index in [-0.39, 0.29) is 30.5 Å². The second-order valence-corrected chi connectivity index (χ2v) is 7.41. The van der Waals surface area contributed by atoms with E-state index in [4.69, 9.17) is 4.74 Å². The Morgan fingerprint density at radius 1 is 1.17 bits per heavy atom. The van der Waals surface area contributed by atoms with Gasteiger partial charge in [0.25, 0.3) is 5.91 Å². The maximum atomic E-state index is 12.8. The summed E-state index contributed by atoms with van der Waals surface area (Å²) in [5.74, 6) is -0.465. The summed E-state index contributed by atoms with van der Waals surface area (Å²) < 4.78 is 46.2. The molecule has 0 unspecified atom stereocenters. The van der Waals surface area contributed by atoms with Crippen LogP contribution in [0.4, 0.5) is 24.5 Å². The minimum atomic E-state index is -4.78. The van der Waals surface area contributed by atoms with Crippen molar-refractivity contribution < 1.29 is 32.2 Å². The van der Waals surface area contributed by atoms with Crippen molar-refractivity contribution in [3.05, 3.63) is 48.0 Å². The molecular weight excluding hydrogens is 401 g/mol. The molecule has 30 heavy (non-hydrogen) atoms. The fourth-order valence-corrected chi connectivity index (χ4v) is 3.08. The number of carbonyl (C=O) groups excluding carboxylic acids is 2. The fourth-order valence-electron chi connectivity index (χ4n) is 3.08. The molecule has 0 spiro atoms. The lowest BCUT2D eigenvalue weighted by molar-refractivity contribution is -0.274. The predicted molar refractivity (Wildman–Crippen MR) is 105 cm³/mol. The highest BCUT2D eigenvalue weighted by Gasteiger charge is 2.40. The van der Waals surface area contributed by atoms with Crippen molar-refractivity contribution in [3.63, 3.8) is 0 Å². The van der Waals surface area contributed by atoms with Crippen LogP contribution in [0, 0.1) is 6.92 Å². The first-order chi connectivity index (χ1) is 13.9. The zero-order chi connectivity index (χ0) is 22.1. The average Bonchev–Trinajstić information content (AvgIpc) is 2.63. The highest BCUT2D eigenvalue weighted by atomic mass is 19.4. The van der Waals surface area contributed by atoms with Gasteiger partial charge in [0, 0.05) is 18.7 Å². The Hall–Kier alpha value is -3.23. The molecule has 1 aliphatic heterocycles. The summed E-state index contributed by atoms with van der Waals surface area (Å²) in [6.45, 7) is 5.34. The van der Waals surface area contributed by atoms with Gasteiger partial charge in [-0.25, -0.2) is 0 Å². The molecule has 1 aliphatic rings. The predicted octanol–water partition coefficient (Wildman–Crippen LogP) is 4.43. The minimum absolute atomic E-state index is 0.00396. The number of anilines is 2. The lowest BCUT2D eigenvalue weighted by Crippen LogP contribution is -2.53. The number of alkyl halides is 3. The number of aryl methyl sites for hydroxylation is 1. The number of fused-ring (bicyclic) bond motifs is 1. The molecule has 9 heteroatoms. The normalized spacial score (nSPS) is 15.3. The van der Waals surface area contributed by atoms with Crippen molar-refractivity contribution in [3.8, 4) is 11.5 Å².